The first-order valence-corrected chi connectivity index (χ1v) is 11.5. The number of piperidine rings is 1. The van der Waals surface area contributed by atoms with Crippen molar-refractivity contribution in [2.75, 3.05) is 24.6 Å². The molecule has 2 amide bonds. The Morgan fingerprint density at radius 1 is 1.09 bits per heavy atom. The lowest BCUT2D eigenvalue weighted by Gasteiger charge is -2.33. The molecule has 0 spiro atoms. The second-order valence-corrected chi connectivity index (χ2v) is 9.27. The smallest absolute Gasteiger partial charge is 0.407 e. The third kappa shape index (κ3) is 8.18. The van der Waals surface area contributed by atoms with Gasteiger partial charge in [-0.2, -0.15) is 0 Å². The van der Waals surface area contributed by atoms with Crippen LogP contribution >= 0.6 is 0 Å². The summed E-state index contributed by atoms with van der Waals surface area (Å²) in [5.74, 6) is 0.0497. The SMILES string of the molecule is CC(C)(C)OC(=O)NC(CNC1CCCN(c2ccccc2)C1=O)COCc1ccccc1. The molecular formula is C26H35N3O4. The van der Waals surface area contributed by atoms with Gasteiger partial charge in [-0.05, 0) is 51.3 Å². The number of nitrogens with one attached hydrogen (secondary N) is 2. The largest absolute Gasteiger partial charge is 0.444 e. The average molecular weight is 454 g/mol. The number of carbonyl (C=O) groups excluding carboxylic acids is 2. The maximum absolute atomic E-state index is 13.1. The van der Waals surface area contributed by atoms with Crippen molar-refractivity contribution in [2.24, 2.45) is 0 Å². The summed E-state index contributed by atoms with van der Waals surface area (Å²) in [4.78, 5) is 27.3. The number of hydrogen-bond donors (Lipinski definition) is 2. The maximum atomic E-state index is 13.1. The molecule has 7 heteroatoms. The number of benzene rings is 2. The fourth-order valence-corrected chi connectivity index (χ4v) is 3.73. The normalized spacial score (nSPS) is 17.5. The van der Waals surface area contributed by atoms with Gasteiger partial charge in [0.2, 0.25) is 5.91 Å². The van der Waals surface area contributed by atoms with Gasteiger partial charge in [0.15, 0.2) is 0 Å². The molecule has 178 valence electrons. The van der Waals surface area contributed by atoms with Gasteiger partial charge in [-0.1, -0.05) is 48.5 Å². The van der Waals surface area contributed by atoms with Crippen molar-refractivity contribution < 1.29 is 19.1 Å². The summed E-state index contributed by atoms with van der Waals surface area (Å²) in [7, 11) is 0. The lowest BCUT2D eigenvalue weighted by molar-refractivity contribution is -0.121. The van der Waals surface area contributed by atoms with Crippen molar-refractivity contribution in [3.8, 4) is 0 Å². The highest BCUT2D eigenvalue weighted by molar-refractivity contribution is 5.97. The van der Waals surface area contributed by atoms with Crippen LogP contribution in [0.25, 0.3) is 0 Å². The summed E-state index contributed by atoms with van der Waals surface area (Å²) in [6, 6.07) is 18.9. The Bertz CT molecular complexity index is 883. The van der Waals surface area contributed by atoms with E-state index in [9.17, 15) is 9.59 Å². The van der Waals surface area contributed by atoms with Gasteiger partial charge >= 0.3 is 6.09 Å². The molecule has 2 aromatic carbocycles. The van der Waals surface area contributed by atoms with Gasteiger partial charge in [0.1, 0.15) is 5.60 Å². The predicted molar refractivity (Wildman–Crippen MR) is 129 cm³/mol. The maximum Gasteiger partial charge on any atom is 0.407 e. The van der Waals surface area contributed by atoms with Crippen molar-refractivity contribution in [1.82, 2.24) is 10.6 Å². The van der Waals surface area contributed by atoms with Crippen LogP contribution in [-0.4, -0.2) is 49.4 Å². The lowest BCUT2D eigenvalue weighted by atomic mass is 10.0. The molecule has 2 N–H and O–H groups in total. The number of hydrogen-bond acceptors (Lipinski definition) is 5. The number of nitrogens with zero attached hydrogens (tertiary/aromatic N) is 1. The van der Waals surface area contributed by atoms with E-state index in [0.29, 0.717) is 26.3 Å². The number of rotatable bonds is 9. The molecule has 1 fully saturated rings. The number of ether oxygens (including phenoxy) is 2. The first-order valence-electron chi connectivity index (χ1n) is 11.5. The van der Waals surface area contributed by atoms with E-state index in [0.717, 1.165) is 24.1 Å². The molecule has 1 heterocycles. The van der Waals surface area contributed by atoms with Crippen LogP contribution in [0.3, 0.4) is 0 Å². The molecule has 2 aromatic rings. The van der Waals surface area contributed by atoms with Gasteiger partial charge in [0, 0.05) is 18.8 Å². The monoisotopic (exact) mass is 453 g/mol. The molecule has 1 aliphatic rings. The summed E-state index contributed by atoms with van der Waals surface area (Å²) in [5, 5.41) is 6.23. The van der Waals surface area contributed by atoms with Gasteiger partial charge in [-0.25, -0.2) is 4.79 Å². The standard InChI is InChI=1S/C26H35N3O4/c1-26(2,3)33-25(31)28-21(19-32-18-20-11-6-4-7-12-20)17-27-23-15-10-16-29(24(23)30)22-13-8-5-9-14-22/h4-9,11-14,21,23,27H,10,15-19H2,1-3H3,(H,28,31). The van der Waals surface area contributed by atoms with Crippen LogP contribution in [0.2, 0.25) is 0 Å². The fraction of sp³-hybridized carbons (Fsp3) is 0.462. The number of alkyl carbamates (subject to hydrolysis) is 1. The first kappa shape index (κ1) is 24.7. The lowest BCUT2D eigenvalue weighted by Crippen LogP contribution is -2.55. The van der Waals surface area contributed by atoms with E-state index in [1.54, 1.807) is 0 Å². The minimum absolute atomic E-state index is 0.0497. The van der Waals surface area contributed by atoms with Gasteiger partial charge < -0.3 is 25.0 Å². The van der Waals surface area contributed by atoms with Gasteiger partial charge in [-0.3, -0.25) is 4.79 Å². The van der Waals surface area contributed by atoms with Crippen molar-refractivity contribution >= 4 is 17.7 Å². The Morgan fingerprint density at radius 2 is 1.76 bits per heavy atom. The third-order valence-electron chi connectivity index (χ3n) is 5.27. The van der Waals surface area contributed by atoms with E-state index in [-0.39, 0.29) is 18.0 Å². The van der Waals surface area contributed by atoms with Crippen LogP contribution in [0.5, 0.6) is 0 Å². The van der Waals surface area contributed by atoms with Crippen molar-refractivity contribution in [3.63, 3.8) is 0 Å². The minimum atomic E-state index is -0.595. The Kier molecular flexibility index (Phi) is 8.86. The van der Waals surface area contributed by atoms with Crippen molar-refractivity contribution in [1.29, 1.82) is 0 Å². The van der Waals surface area contributed by atoms with Gasteiger partial charge in [0.25, 0.3) is 0 Å². The number of carbonyl (C=O) groups is 2. The molecule has 7 nitrogen and oxygen atoms in total. The molecule has 0 radical (unpaired) electrons. The molecule has 1 saturated heterocycles. The summed E-state index contributed by atoms with van der Waals surface area (Å²) in [6.07, 6.45) is 1.16. The van der Waals surface area contributed by atoms with Crippen LogP contribution in [0.15, 0.2) is 60.7 Å². The van der Waals surface area contributed by atoms with E-state index in [4.69, 9.17) is 9.47 Å². The molecule has 0 aromatic heterocycles. The number of anilines is 1. The highest BCUT2D eigenvalue weighted by Gasteiger charge is 2.30. The molecule has 2 atom stereocenters. The summed E-state index contributed by atoms with van der Waals surface area (Å²) >= 11 is 0. The van der Waals surface area contributed by atoms with Gasteiger partial charge in [0.05, 0.1) is 25.3 Å². The highest BCUT2D eigenvalue weighted by atomic mass is 16.6. The number of amides is 2. The Balaban J connectivity index is 1.58. The van der Waals surface area contributed by atoms with Crippen molar-refractivity contribution in [3.05, 3.63) is 66.2 Å². The summed E-state index contributed by atoms with van der Waals surface area (Å²) in [5.41, 5.74) is 1.37. The second kappa shape index (κ2) is 11.8. The van der Waals surface area contributed by atoms with Crippen molar-refractivity contribution in [2.45, 2.75) is 57.9 Å². The number of para-hydroxylation sites is 1. The highest BCUT2D eigenvalue weighted by Crippen LogP contribution is 2.20. The third-order valence-corrected chi connectivity index (χ3v) is 5.27. The van der Waals surface area contributed by atoms with Crippen LogP contribution in [-0.2, 0) is 20.9 Å². The Labute approximate surface area is 196 Å². The van der Waals surface area contributed by atoms with Crippen LogP contribution in [0.1, 0.15) is 39.2 Å². The van der Waals surface area contributed by atoms with Crippen LogP contribution < -0.4 is 15.5 Å². The molecule has 2 unspecified atom stereocenters. The van der Waals surface area contributed by atoms with E-state index >= 15 is 0 Å². The molecule has 3 rings (SSSR count). The van der Waals surface area contributed by atoms with Crippen LogP contribution in [0.4, 0.5) is 10.5 Å². The molecule has 0 bridgehead atoms. The van der Waals surface area contributed by atoms with Gasteiger partial charge in [-0.15, -0.1) is 0 Å². The van der Waals surface area contributed by atoms with E-state index < -0.39 is 11.7 Å². The molecule has 33 heavy (non-hydrogen) atoms. The second-order valence-electron chi connectivity index (χ2n) is 9.27. The molecule has 0 aliphatic carbocycles. The van der Waals surface area contributed by atoms with Crippen LogP contribution in [0, 0.1) is 0 Å². The Hall–Kier alpha value is -2.90. The topological polar surface area (TPSA) is 79.9 Å². The fourth-order valence-electron chi connectivity index (χ4n) is 3.73. The average Bonchev–Trinajstić information content (AvgIpc) is 2.78. The molecule has 1 aliphatic heterocycles. The van der Waals surface area contributed by atoms with E-state index in [1.165, 1.54) is 0 Å². The summed E-state index contributed by atoms with van der Waals surface area (Å²) in [6.45, 7) is 7.32. The minimum Gasteiger partial charge on any atom is -0.444 e. The Morgan fingerprint density at radius 3 is 2.42 bits per heavy atom. The zero-order chi connectivity index (χ0) is 23.7. The zero-order valence-electron chi connectivity index (χ0n) is 19.8. The predicted octanol–water partition coefficient (Wildman–Crippen LogP) is 3.88. The van der Waals surface area contributed by atoms with E-state index in [2.05, 4.69) is 10.6 Å². The molecule has 0 saturated carbocycles. The quantitative estimate of drug-likeness (QED) is 0.602. The first-order chi connectivity index (χ1) is 15.8. The zero-order valence-corrected chi connectivity index (χ0v) is 19.8. The molecular weight excluding hydrogens is 418 g/mol. The summed E-state index contributed by atoms with van der Waals surface area (Å²) < 4.78 is 11.3. The van der Waals surface area contributed by atoms with E-state index in [1.807, 2.05) is 86.3 Å².